The van der Waals surface area contributed by atoms with Gasteiger partial charge in [0, 0.05) is 11.0 Å². The number of aliphatic hydroxyl groups is 2. The number of nitrogens with zero attached hydrogens (tertiary/aromatic N) is 3. The molecule has 3 heterocycles. The number of halogens is 1. The normalized spacial score (nSPS) is 24.0. The Morgan fingerprint density at radius 1 is 1.16 bits per heavy atom. The van der Waals surface area contributed by atoms with Crippen LogP contribution in [0.5, 0.6) is 0 Å². The first-order valence-corrected chi connectivity index (χ1v) is 18.7. The van der Waals surface area contributed by atoms with Crippen molar-refractivity contribution in [3.63, 3.8) is 0 Å². The summed E-state index contributed by atoms with van der Waals surface area (Å²) >= 11 is 12.0. The van der Waals surface area contributed by atoms with Crippen LogP contribution >= 0.6 is 32.8 Å². The number of para-hydroxylation sites is 1. The first-order valence-electron chi connectivity index (χ1n) is 11.0. The van der Waals surface area contributed by atoms with Crippen molar-refractivity contribution >= 4 is 72.3 Å². The molecule has 38 heavy (non-hydrogen) atoms. The molecule has 4 rings (SSSR count). The van der Waals surface area contributed by atoms with Gasteiger partial charge in [-0.2, -0.15) is 5.10 Å². The summed E-state index contributed by atoms with van der Waals surface area (Å²) in [7, 11) is -9.53. The lowest BCUT2D eigenvalue weighted by atomic mass is 10.1. The van der Waals surface area contributed by atoms with E-state index in [1.807, 2.05) is 37.6 Å². The Bertz CT molecular complexity index is 1500. The van der Waals surface area contributed by atoms with Crippen LogP contribution in [0.15, 0.2) is 36.5 Å². The van der Waals surface area contributed by atoms with Gasteiger partial charge in [0.15, 0.2) is 17.8 Å². The van der Waals surface area contributed by atoms with Gasteiger partial charge in [0.1, 0.15) is 23.5 Å². The van der Waals surface area contributed by atoms with Gasteiger partial charge in [-0.15, -0.1) is 0 Å². The number of ether oxygens (including phenoxy) is 1. The molecule has 1 saturated heterocycles. The average Bonchev–Trinajstić information content (AvgIpc) is 3.31. The Balaban J connectivity index is 1.61. The largest absolute Gasteiger partial charge is 0.387 e. The molecule has 0 amide bonds. The molecule has 1 aromatic carbocycles. The van der Waals surface area contributed by atoms with Crippen LogP contribution in [-0.4, -0.2) is 83.8 Å². The number of anilines is 2. The molecule has 0 spiro atoms. The summed E-state index contributed by atoms with van der Waals surface area (Å²) in [6.07, 6.45) is -4.23. The lowest BCUT2D eigenvalue weighted by Gasteiger charge is -2.19. The maximum Gasteiger partial charge on any atom is 0.340 e. The van der Waals surface area contributed by atoms with Crippen molar-refractivity contribution < 1.29 is 43.3 Å². The summed E-state index contributed by atoms with van der Waals surface area (Å²) in [4.78, 5) is 31.9. The van der Waals surface area contributed by atoms with Crippen LogP contribution in [0.4, 0.5) is 11.4 Å². The molecule has 0 bridgehead atoms. The molecule has 1 aliphatic heterocycles. The predicted molar refractivity (Wildman–Crippen MR) is 147 cm³/mol. The molecular weight excluding hydrogens is 601 g/mol. The Labute approximate surface area is 227 Å². The number of nitrogens with one attached hydrogen (secondary N) is 1. The van der Waals surface area contributed by atoms with Crippen molar-refractivity contribution in [1.29, 1.82) is 0 Å². The van der Waals surface area contributed by atoms with Crippen molar-refractivity contribution in [3.8, 4) is 0 Å². The van der Waals surface area contributed by atoms with E-state index in [2.05, 4.69) is 15.4 Å². The number of benzene rings is 1. The molecule has 0 radical (unpaired) electrons. The van der Waals surface area contributed by atoms with Gasteiger partial charge in [-0.3, -0.25) is 9.13 Å². The highest BCUT2D eigenvalue weighted by Crippen LogP contribution is 2.55. The van der Waals surface area contributed by atoms with Gasteiger partial charge in [-0.05, 0) is 31.5 Å². The van der Waals surface area contributed by atoms with Gasteiger partial charge in [0.25, 0.3) is 0 Å². The Kier molecular flexibility index (Phi) is 8.58. The molecule has 1 aliphatic rings. The topological polar surface area (TPSA) is 196 Å². The molecule has 208 valence electrons. The zero-order chi connectivity index (χ0) is 28.0. The summed E-state index contributed by atoms with van der Waals surface area (Å²) in [5.74, 6) is -1.40. The summed E-state index contributed by atoms with van der Waals surface area (Å²) in [5, 5.41) is 30.3. The lowest BCUT2D eigenvalue weighted by Crippen LogP contribution is -2.33. The fourth-order valence-electron chi connectivity index (χ4n) is 4.00. The van der Waals surface area contributed by atoms with Crippen molar-refractivity contribution in [1.82, 2.24) is 14.8 Å². The van der Waals surface area contributed by atoms with Crippen LogP contribution in [0.2, 0.25) is 5.15 Å². The summed E-state index contributed by atoms with van der Waals surface area (Å²) in [5.41, 5.74) is 1.58. The van der Waals surface area contributed by atoms with Crippen molar-refractivity contribution in [2.45, 2.75) is 24.5 Å². The number of fused-ring (bicyclic) bond motifs is 1. The zero-order valence-corrected chi connectivity index (χ0v) is 24.3. The average molecular weight is 627 g/mol. The van der Waals surface area contributed by atoms with Gasteiger partial charge in [-0.25, -0.2) is 9.67 Å². The number of aliphatic hydroxyl groups excluding tert-OH is 2. The summed E-state index contributed by atoms with van der Waals surface area (Å²) < 4.78 is 34.6. The molecule has 5 atom stereocenters. The van der Waals surface area contributed by atoms with E-state index in [-0.39, 0.29) is 10.8 Å². The second-order valence-electron chi connectivity index (χ2n) is 9.10. The van der Waals surface area contributed by atoms with E-state index < -0.39 is 58.3 Å². The molecule has 13 nitrogen and oxygen atoms in total. The molecule has 3 aromatic rings. The van der Waals surface area contributed by atoms with Gasteiger partial charge in [0.2, 0.25) is 0 Å². The summed E-state index contributed by atoms with van der Waals surface area (Å²) in [6.45, 7) is 3.31. The predicted octanol–water partition coefficient (Wildman–Crippen LogP) is 2.15. The van der Waals surface area contributed by atoms with Gasteiger partial charge >= 0.3 is 15.2 Å². The van der Waals surface area contributed by atoms with Crippen LogP contribution in [0.1, 0.15) is 6.23 Å². The minimum atomic E-state index is -4.84. The van der Waals surface area contributed by atoms with Crippen LogP contribution in [-0.2, 0) is 30.2 Å². The summed E-state index contributed by atoms with van der Waals surface area (Å²) in [6, 6.07) is 7.45. The highest BCUT2D eigenvalue weighted by atomic mass is 35.5. The molecule has 0 saturated carbocycles. The third-order valence-corrected chi connectivity index (χ3v) is 11.5. The minimum Gasteiger partial charge on any atom is -0.387 e. The highest BCUT2D eigenvalue weighted by Gasteiger charge is 2.46. The fraction of sp³-hybridized carbons (Fsp3) is 0.400. The van der Waals surface area contributed by atoms with Crippen LogP contribution in [0, 0.1) is 0 Å². The Hall–Kier alpha value is -1.24. The van der Waals surface area contributed by atoms with Gasteiger partial charge in [0.05, 0.1) is 23.9 Å². The quantitative estimate of drug-likeness (QED) is 0.149. The second-order valence-corrected chi connectivity index (χ2v) is 19.4. The van der Waals surface area contributed by atoms with Crippen molar-refractivity contribution in [2.75, 3.05) is 31.2 Å². The van der Waals surface area contributed by atoms with Crippen molar-refractivity contribution in [2.24, 2.45) is 0 Å². The van der Waals surface area contributed by atoms with E-state index in [1.165, 1.54) is 10.9 Å². The standard InChI is InChI=1S/C20H26ClN4O9P3S/c1-35(2,38)15-6-4-3-5-12(15)23-13-7-16(21)24-19-11(13)8-22-25(19)20-18(27)17(26)14(34-20)9-33-37(31,32)10-36(28,29)30/h3-8,14,17-18,20,26-27H,9-10H2,1-2H3,(H,23,24)(H,31,32)(H2,28,29,30)/t14-,17-,18-,20-/m1/s1. The molecule has 18 heteroatoms. The first-order chi connectivity index (χ1) is 17.6. The maximum atomic E-state index is 12.0. The highest BCUT2D eigenvalue weighted by molar-refractivity contribution is 8.17. The van der Waals surface area contributed by atoms with E-state index >= 15 is 0 Å². The second kappa shape index (κ2) is 11.0. The smallest absolute Gasteiger partial charge is 0.340 e. The maximum absolute atomic E-state index is 12.0. The van der Waals surface area contributed by atoms with Crippen molar-refractivity contribution in [3.05, 3.63) is 41.7 Å². The molecule has 6 N–H and O–H groups in total. The monoisotopic (exact) mass is 626 g/mol. The SMILES string of the molecule is CP(C)(=S)c1ccccc1Nc1cc(Cl)nc2c1cnn2[C@@H]1O[C@H](COP(=O)(O)CP(=O)(O)O)[C@@H](O)[C@H]1O. The molecule has 2 aromatic heterocycles. The molecule has 1 unspecified atom stereocenters. The number of rotatable bonds is 9. The van der Waals surface area contributed by atoms with E-state index in [0.29, 0.717) is 11.1 Å². The number of aromatic nitrogens is 3. The Morgan fingerprint density at radius 3 is 2.50 bits per heavy atom. The third kappa shape index (κ3) is 6.72. The van der Waals surface area contributed by atoms with E-state index in [4.69, 9.17) is 42.5 Å². The van der Waals surface area contributed by atoms with E-state index in [9.17, 15) is 24.2 Å². The molecular formula is C20H26ClN4O9P3S. The van der Waals surface area contributed by atoms with Crippen LogP contribution < -0.4 is 10.6 Å². The number of hydrogen-bond donors (Lipinski definition) is 6. The van der Waals surface area contributed by atoms with Crippen LogP contribution in [0.25, 0.3) is 11.0 Å². The van der Waals surface area contributed by atoms with E-state index in [0.717, 1.165) is 11.0 Å². The molecule has 1 fully saturated rings. The van der Waals surface area contributed by atoms with Gasteiger partial charge < -0.3 is 39.5 Å². The minimum absolute atomic E-state index is 0.109. The van der Waals surface area contributed by atoms with E-state index in [1.54, 1.807) is 6.07 Å². The third-order valence-electron chi connectivity index (χ3n) is 5.67. The molecule has 0 aliphatic carbocycles. The number of hydrogen-bond acceptors (Lipinski definition) is 10. The number of pyridine rings is 1. The van der Waals surface area contributed by atoms with Gasteiger partial charge in [-0.1, -0.05) is 41.6 Å². The zero-order valence-electron chi connectivity index (χ0n) is 20.0. The first kappa shape index (κ1) is 29.7. The Morgan fingerprint density at radius 2 is 1.84 bits per heavy atom. The fourth-order valence-corrected chi connectivity index (χ4v) is 8.39. The lowest BCUT2D eigenvalue weighted by molar-refractivity contribution is -0.0541. The van der Waals surface area contributed by atoms with Crippen LogP contribution in [0.3, 0.4) is 0 Å².